The number of methoxy groups -OCH3 is 1. The van der Waals surface area contributed by atoms with Gasteiger partial charge in [-0.15, -0.1) is 0 Å². The number of hydrogen-bond acceptors (Lipinski definition) is 3. The molecule has 1 aliphatic rings. The zero-order valence-electron chi connectivity index (χ0n) is 15.6. The van der Waals surface area contributed by atoms with Crippen LogP contribution in [0.5, 0.6) is 11.5 Å². The lowest BCUT2D eigenvalue weighted by molar-refractivity contribution is 0.0697. The van der Waals surface area contributed by atoms with Gasteiger partial charge in [0.15, 0.2) is 0 Å². The molecule has 0 amide bonds. The van der Waals surface area contributed by atoms with E-state index >= 15 is 0 Å². The minimum absolute atomic E-state index is 0.0592. The first-order chi connectivity index (χ1) is 12.3. The van der Waals surface area contributed by atoms with Crippen molar-refractivity contribution in [2.45, 2.75) is 32.6 Å². The quantitative estimate of drug-likeness (QED) is 0.786. The third kappa shape index (κ3) is 3.45. The molecule has 2 aromatic carbocycles. The minimum Gasteiger partial charge on any atom is -0.496 e. The van der Waals surface area contributed by atoms with Gasteiger partial charge in [-0.25, -0.2) is 4.79 Å². The number of hydrogen-bond donors (Lipinski definition) is 1. The molecular weight excluding hydrogens is 328 g/mol. The molecule has 4 heteroatoms. The van der Waals surface area contributed by atoms with Crippen LogP contribution in [0.15, 0.2) is 36.4 Å². The zero-order valence-corrected chi connectivity index (χ0v) is 15.6. The van der Waals surface area contributed by atoms with Crippen LogP contribution in [0, 0.1) is 0 Å². The average molecular weight is 352 g/mol. The van der Waals surface area contributed by atoms with Crippen LogP contribution >= 0.6 is 0 Å². The lowest BCUT2D eigenvalue weighted by atomic mass is 9.79. The van der Waals surface area contributed by atoms with E-state index in [1.165, 1.54) is 5.56 Å². The van der Waals surface area contributed by atoms with E-state index in [9.17, 15) is 4.79 Å². The van der Waals surface area contributed by atoms with E-state index in [1.54, 1.807) is 31.4 Å². The Bertz CT molecular complexity index is 860. The Hall–Kier alpha value is -2.75. The number of carboxylic acids is 1. The fourth-order valence-corrected chi connectivity index (χ4v) is 3.29. The Morgan fingerprint density at radius 2 is 1.92 bits per heavy atom. The fraction of sp³-hybridized carbons (Fsp3) is 0.318. The van der Waals surface area contributed by atoms with E-state index in [4.69, 9.17) is 14.6 Å². The standard InChI is InChI=1S/C22H24O4/c1-14(11-15-5-7-16(8-6-15)21(23)24)17-12-20-18(13-19(17)25-4)22(2,3)9-10-26-20/h5-8,11-13H,9-10H2,1-4H3,(H,23,24). The molecule has 136 valence electrons. The molecule has 0 bridgehead atoms. The Labute approximate surface area is 154 Å². The van der Waals surface area contributed by atoms with Crippen molar-refractivity contribution in [3.63, 3.8) is 0 Å². The van der Waals surface area contributed by atoms with Crippen molar-refractivity contribution in [2.75, 3.05) is 13.7 Å². The second-order valence-electron chi connectivity index (χ2n) is 7.29. The summed E-state index contributed by atoms with van der Waals surface area (Å²) in [6.07, 6.45) is 3.00. The molecule has 1 N–H and O–H groups in total. The van der Waals surface area contributed by atoms with Gasteiger partial charge in [-0.05, 0) is 54.2 Å². The van der Waals surface area contributed by atoms with E-state index in [0.29, 0.717) is 6.61 Å². The molecule has 0 saturated heterocycles. The molecule has 0 atom stereocenters. The molecular formula is C22H24O4. The van der Waals surface area contributed by atoms with Crippen LogP contribution in [0.4, 0.5) is 0 Å². The van der Waals surface area contributed by atoms with Crippen molar-refractivity contribution < 1.29 is 19.4 Å². The van der Waals surface area contributed by atoms with Gasteiger partial charge in [0.1, 0.15) is 11.5 Å². The SMILES string of the molecule is COc1cc2c(cc1C(C)=Cc1ccc(C(=O)O)cc1)OCCC2(C)C. The summed E-state index contributed by atoms with van der Waals surface area (Å²) in [5, 5.41) is 9.01. The highest BCUT2D eigenvalue weighted by Gasteiger charge is 2.30. The first-order valence-electron chi connectivity index (χ1n) is 8.69. The molecule has 0 aliphatic carbocycles. The minimum atomic E-state index is -0.923. The first-order valence-corrected chi connectivity index (χ1v) is 8.69. The van der Waals surface area contributed by atoms with Gasteiger partial charge in [-0.2, -0.15) is 0 Å². The summed E-state index contributed by atoms with van der Waals surface area (Å²) in [7, 11) is 1.68. The van der Waals surface area contributed by atoms with Crippen LogP contribution in [-0.4, -0.2) is 24.8 Å². The highest BCUT2D eigenvalue weighted by atomic mass is 16.5. The summed E-state index contributed by atoms with van der Waals surface area (Å²) in [6.45, 7) is 7.18. The topological polar surface area (TPSA) is 55.8 Å². The van der Waals surface area contributed by atoms with Crippen LogP contribution < -0.4 is 9.47 Å². The van der Waals surface area contributed by atoms with E-state index in [0.717, 1.165) is 34.6 Å². The maximum absolute atomic E-state index is 11.0. The summed E-state index contributed by atoms with van der Waals surface area (Å²) in [5.41, 5.74) is 4.45. The predicted octanol–water partition coefficient (Wildman–Crippen LogP) is 5.01. The Morgan fingerprint density at radius 3 is 2.54 bits per heavy atom. The summed E-state index contributed by atoms with van der Waals surface area (Å²) < 4.78 is 11.5. The summed E-state index contributed by atoms with van der Waals surface area (Å²) in [5.74, 6) is 0.803. The van der Waals surface area contributed by atoms with Gasteiger partial charge < -0.3 is 14.6 Å². The van der Waals surface area contributed by atoms with Gasteiger partial charge in [-0.3, -0.25) is 0 Å². The summed E-state index contributed by atoms with van der Waals surface area (Å²) >= 11 is 0. The Morgan fingerprint density at radius 1 is 1.23 bits per heavy atom. The second-order valence-corrected chi connectivity index (χ2v) is 7.29. The molecule has 3 rings (SSSR count). The number of carbonyl (C=O) groups is 1. The van der Waals surface area contributed by atoms with Crippen molar-refractivity contribution in [1.82, 2.24) is 0 Å². The third-order valence-corrected chi connectivity index (χ3v) is 4.98. The maximum Gasteiger partial charge on any atom is 0.335 e. The summed E-state index contributed by atoms with van der Waals surface area (Å²) in [4.78, 5) is 11.0. The number of carboxylic acid groups (broad SMARTS) is 1. The van der Waals surface area contributed by atoms with Crippen molar-refractivity contribution in [3.8, 4) is 11.5 Å². The lowest BCUT2D eigenvalue weighted by Gasteiger charge is -2.33. The van der Waals surface area contributed by atoms with E-state index in [1.807, 2.05) is 19.1 Å². The second kappa shape index (κ2) is 6.87. The number of ether oxygens (including phenoxy) is 2. The molecule has 26 heavy (non-hydrogen) atoms. The van der Waals surface area contributed by atoms with Gasteiger partial charge in [0.25, 0.3) is 0 Å². The van der Waals surface area contributed by atoms with E-state index in [2.05, 4.69) is 19.9 Å². The van der Waals surface area contributed by atoms with Crippen molar-refractivity contribution in [3.05, 3.63) is 58.7 Å². The van der Waals surface area contributed by atoms with Gasteiger partial charge in [0.05, 0.1) is 19.3 Å². The number of allylic oxidation sites excluding steroid dienone is 1. The van der Waals surface area contributed by atoms with Crippen molar-refractivity contribution in [2.24, 2.45) is 0 Å². The fourth-order valence-electron chi connectivity index (χ4n) is 3.29. The van der Waals surface area contributed by atoms with Crippen LogP contribution in [-0.2, 0) is 5.41 Å². The maximum atomic E-state index is 11.0. The monoisotopic (exact) mass is 352 g/mol. The molecule has 0 unspecified atom stereocenters. The van der Waals surface area contributed by atoms with E-state index < -0.39 is 5.97 Å². The van der Waals surface area contributed by atoms with E-state index in [-0.39, 0.29) is 11.0 Å². The normalized spacial score (nSPS) is 15.8. The third-order valence-electron chi connectivity index (χ3n) is 4.98. The molecule has 1 heterocycles. The predicted molar refractivity (Wildman–Crippen MR) is 103 cm³/mol. The number of aromatic carboxylic acids is 1. The molecule has 4 nitrogen and oxygen atoms in total. The largest absolute Gasteiger partial charge is 0.496 e. The molecule has 0 saturated carbocycles. The van der Waals surface area contributed by atoms with Crippen LogP contribution in [0.1, 0.15) is 54.2 Å². The van der Waals surface area contributed by atoms with Gasteiger partial charge in [-0.1, -0.05) is 32.1 Å². The lowest BCUT2D eigenvalue weighted by Crippen LogP contribution is -2.26. The highest BCUT2D eigenvalue weighted by Crippen LogP contribution is 2.43. The number of fused-ring (bicyclic) bond motifs is 1. The van der Waals surface area contributed by atoms with Crippen LogP contribution in [0.3, 0.4) is 0 Å². The average Bonchev–Trinajstić information content (AvgIpc) is 2.61. The Balaban J connectivity index is 2.01. The smallest absolute Gasteiger partial charge is 0.335 e. The van der Waals surface area contributed by atoms with Gasteiger partial charge in [0.2, 0.25) is 0 Å². The number of rotatable bonds is 4. The zero-order chi connectivity index (χ0) is 18.9. The Kier molecular flexibility index (Phi) is 4.77. The van der Waals surface area contributed by atoms with Crippen LogP contribution in [0.25, 0.3) is 11.6 Å². The van der Waals surface area contributed by atoms with Gasteiger partial charge in [0, 0.05) is 11.1 Å². The summed E-state index contributed by atoms with van der Waals surface area (Å²) in [6, 6.07) is 10.9. The molecule has 0 spiro atoms. The van der Waals surface area contributed by atoms with Crippen LogP contribution in [0.2, 0.25) is 0 Å². The van der Waals surface area contributed by atoms with Gasteiger partial charge >= 0.3 is 5.97 Å². The molecule has 2 aromatic rings. The molecule has 0 aromatic heterocycles. The molecule has 0 radical (unpaired) electrons. The number of benzene rings is 2. The highest BCUT2D eigenvalue weighted by molar-refractivity contribution is 5.89. The first kappa shape index (κ1) is 18.1. The molecule has 1 aliphatic heterocycles. The van der Waals surface area contributed by atoms with Crippen molar-refractivity contribution in [1.29, 1.82) is 0 Å². The van der Waals surface area contributed by atoms with Crippen molar-refractivity contribution >= 4 is 17.6 Å². The molecule has 0 fully saturated rings.